The predicted octanol–water partition coefficient (Wildman–Crippen LogP) is 2.26. The smallest absolute Gasteiger partial charge is 0.119 e. The molecule has 0 bridgehead atoms. The molecule has 1 aromatic rings. The van der Waals surface area contributed by atoms with Gasteiger partial charge in [0.05, 0.1) is 7.11 Å². The second-order valence-electron chi connectivity index (χ2n) is 4.24. The average molecular weight is 222 g/mol. The molecule has 2 N–H and O–H groups in total. The van der Waals surface area contributed by atoms with Gasteiger partial charge in [-0.15, -0.1) is 0 Å². The van der Waals surface area contributed by atoms with E-state index in [1.54, 1.807) is 7.11 Å². The van der Waals surface area contributed by atoms with E-state index in [0.717, 1.165) is 25.1 Å². The van der Waals surface area contributed by atoms with Crippen LogP contribution >= 0.6 is 0 Å². The average Bonchev–Trinajstić information content (AvgIpc) is 2.28. The molecule has 16 heavy (non-hydrogen) atoms. The van der Waals surface area contributed by atoms with Crippen LogP contribution in [0.2, 0.25) is 0 Å². The summed E-state index contributed by atoms with van der Waals surface area (Å²) in [5.41, 5.74) is 6.93. The van der Waals surface area contributed by atoms with E-state index in [2.05, 4.69) is 24.1 Å². The molecule has 0 aliphatic carbocycles. The molecule has 0 spiro atoms. The van der Waals surface area contributed by atoms with Crippen LogP contribution in [0.25, 0.3) is 0 Å². The Balaban J connectivity index is 2.43. The number of anilines is 1. The Morgan fingerprint density at radius 1 is 1.31 bits per heavy atom. The summed E-state index contributed by atoms with van der Waals surface area (Å²) in [7, 11) is 3.78. The first kappa shape index (κ1) is 12.8. The van der Waals surface area contributed by atoms with E-state index in [1.165, 1.54) is 5.69 Å². The van der Waals surface area contributed by atoms with Gasteiger partial charge in [0.15, 0.2) is 0 Å². The number of methoxy groups -OCH3 is 1. The Morgan fingerprint density at radius 3 is 2.44 bits per heavy atom. The SMILES string of the molecule is COc1ccc(N(C)CCCC(C)N)cc1. The zero-order valence-electron chi connectivity index (χ0n) is 10.4. The summed E-state index contributed by atoms with van der Waals surface area (Å²) < 4.78 is 5.13. The van der Waals surface area contributed by atoms with Gasteiger partial charge in [0.25, 0.3) is 0 Å². The zero-order chi connectivity index (χ0) is 12.0. The molecule has 0 aromatic heterocycles. The van der Waals surface area contributed by atoms with Crippen LogP contribution in [0.3, 0.4) is 0 Å². The van der Waals surface area contributed by atoms with E-state index in [1.807, 2.05) is 19.1 Å². The maximum absolute atomic E-state index is 5.72. The van der Waals surface area contributed by atoms with Crippen molar-refractivity contribution >= 4 is 5.69 Å². The highest BCUT2D eigenvalue weighted by Crippen LogP contribution is 2.18. The predicted molar refractivity (Wildman–Crippen MR) is 69.1 cm³/mol. The van der Waals surface area contributed by atoms with Crippen molar-refractivity contribution < 1.29 is 4.74 Å². The molecule has 0 aliphatic rings. The molecule has 0 fully saturated rings. The van der Waals surface area contributed by atoms with Gasteiger partial charge in [0, 0.05) is 25.3 Å². The molecule has 0 aliphatic heterocycles. The highest BCUT2D eigenvalue weighted by atomic mass is 16.5. The van der Waals surface area contributed by atoms with Crippen LogP contribution in [0.5, 0.6) is 5.75 Å². The third-order valence-corrected chi connectivity index (χ3v) is 2.67. The Labute approximate surface area is 98.2 Å². The first-order valence-corrected chi connectivity index (χ1v) is 5.74. The van der Waals surface area contributed by atoms with Gasteiger partial charge in [-0.25, -0.2) is 0 Å². The van der Waals surface area contributed by atoms with E-state index >= 15 is 0 Å². The van der Waals surface area contributed by atoms with Crippen molar-refractivity contribution in [1.29, 1.82) is 0 Å². The Bertz CT molecular complexity index is 295. The summed E-state index contributed by atoms with van der Waals surface area (Å²) in [5.74, 6) is 0.896. The fourth-order valence-electron chi connectivity index (χ4n) is 1.62. The molecule has 0 amide bonds. The van der Waals surface area contributed by atoms with Gasteiger partial charge in [-0.2, -0.15) is 0 Å². The third-order valence-electron chi connectivity index (χ3n) is 2.67. The number of nitrogens with two attached hydrogens (primary N) is 1. The molecule has 3 nitrogen and oxygen atoms in total. The monoisotopic (exact) mass is 222 g/mol. The van der Waals surface area contributed by atoms with Crippen molar-refractivity contribution in [3.8, 4) is 5.75 Å². The summed E-state index contributed by atoms with van der Waals surface area (Å²) in [6.07, 6.45) is 2.20. The molecular formula is C13H22N2O. The lowest BCUT2D eigenvalue weighted by atomic mass is 10.2. The first-order valence-electron chi connectivity index (χ1n) is 5.74. The largest absolute Gasteiger partial charge is 0.497 e. The fourth-order valence-corrected chi connectivity index (χ4v) is 1.62. The topological polar surface area (TPSA) is 38.5 Å². The van der Waals surface area contributed by atoms with Gasteiger partial charge < -0.3 is 15.4 Å². The zero-order valence-corrected chi connectivity index (χ0v) is 10.4. The number of hydrogen-bond donors (Lipinski definition) is 1. The molecule has 0 saturated carbocycles. The number of rotatable bonds is 6. The van der Waals surface area contributed by atoms with E-state index in [4.69, 9.17) is 10.5 Å². The summed E-state index contributed by atoms with van der Waals surface area (Å²) in [4.78, 5) is 2.24. The number of nitrogens with zero attached hydrogens (tertiary/aromatic N) is 1. The van der Waals surface area contributed by atoms with Crippen LogP contribution in [-0.4, -0.2) is 26.7 Å². The van der Waals surface area contributed by atoms with Gasteiger partial charge in [-0.05, 0) is 44.0 Å². The minimum atomic E-state index is 0.296. The second-order valence-corrected chi connectivity index (χ2v) is 4.24. The molecule has 0 radical (unpaired) electrons. The van der Waals surface area contributed by atoms with E-state index < -0.39 is 0 Å². The first-order chi connectivity index (χ1) is 7.63. The quantitative estimate of drug-likeness (QED) is 0.802. The van der Waals surface area contributed by atoms with E-state index in [9.17, 15) is 0 Å². The van der Waals surface area contributed by atoms with Crippen LogP contribution in [0.4, 0.5) is 5.69 Å². The molecule has 1 unspecified atom stereocenters. The van der Waals surface area contributed by atoms with Crippen LogP contribution in [-0.2, 0) is 0 Å². The maximum Gasteiger partial charge on any atom is 0.119 e. The minimum absolute atomic E-state index is 0.296. The normalized spacial score (nSPS) is 12.2. The summed E-state index contributed by atoms with van der Waals surface area (Å²) >= 11 is 0. The van der Waals surface area contributed by atoms with Crippen molar-refractivity contribution in [1.82, 2.24) is 0 Å². The molecule has 3 heteroatoms. The highest BCUT2D eigenvalue weighted by molar-refractivity contribution is 5.48. The molecule has 1 aromatic carbocycles. The van der Waals surface area contributed by atoms with Gasteiger partial charge in [0.1, 0.15) is 5.75 Å². The van der Waals surface area contributed by atoms with Crippen molar-refractivity contribution in [2.24, 2.45) is 5.73 Å². The van der Waals surface area contributed by atoms with Crippen molar-refractivity contribution in [3.63, 3.8) is 0 Å². The summed E-state index contributed by atoms with van der Waals surface area (Å²) in [6, 6.07) is 8.41. The van der Waals surface area contributed by atoms with Crippen LogP contribution in [0, 0.1) is 0 Å². The minimum Gasteiger partial charge on any atom is -0.497 e. The molecule has 90 valence electrons. The Hall–Kier alpha value is -1.22. The molecule has 1 atom stereocenters. The third kappa shape index (κ3) is 4.11. The van der Waals surface area contributed by atoms with E-state index in [0.29, 0.717) is 6.04 Å². The molecule has 0 heterocycles. The van der Waals surface area contributed by atoms with E-state index in [-0.39, 0.29) is 0 Å². The van der Waals surface area contributed by atoms with Gasteiger partial charge >= 0.3 is 0 Å². The highest BCUT2D eigenvalue weighted by Gasteiger charge is 2.01. The molecular weight excluding hydrogens is 200 g/mol. The number of benzene rings is 1. The standard InChI is InChI=1S/C13H22N2O/c1-11(14)5-4-10-15(2)12-6-8-13(16-3)9-7-12/h6-9,11H,4-5,10,14H2,1-3H3. The lowest BCUT2D eigenvalue weighted by Gasteiger charge is -2.20. The van der Waals surface area contributed by atoms with Gasteiger partial charge in [0.2, 0.25) is 0 Å². The van der Waals surface area contributed by atoms with Crippen molar-refractivity contribution in [2.75, 3.05) is 25.6 Å². The Kier molecular flexibility index (Phi) is 5.12. The summed E-state index contributed by atoms with van der Waals surface area (Å²) in [6.45, 7) is 3.08. The van der Waals surface area contributed by atoms with Crippen LogP contribution in [0.15, 0.2) is 24.3 Å². The van der Waals surface area contributed by atoms with Crippen LogP contribution in [0.1, 0.15) is 19.8 Å². The molecule has 0 saturated heterocycles. The van der Waals surface area contributed by atoms with Crippen molar-refractivity contribution in [3.05, 3.63) is 24.3 Å². The number of ether oxygens (including phenoxy) is 1. The van der Waals surface area contributed by atoms with Gasteiger partial charge in [-0.1, -0.05) is 0 Å². The number of hydrogen-bond acceptors (Lipinski definition) is 3. The van der Waals surface area contributed by atoms with Gasteiger partial charge in [-0.3, -0.25) is 0 Å². The lowest BCUT2D eigenvalue weighted by Crippen LogP contribution is -2.21. The summed E-state index contributed by atoms with van der Waals surface area (Å²) in [5, 5.41) is 0. The van der Waals surface area contributed by atoms with Crippen molar-refractivity contribution in [2.45, 2.75) is 25.8 Å². The fraction of sp³-hybridized carbons (Fsp3) is 0.538. The lowest BCUT2D eigenvalue weighted by molar-refractivity contribution is 0.415. The second kappa shape index (κ2) is 6.38. The molecule has 1 rings (SSSR count). The maximum atomic E-state index is 5.72. The van der Waals surface area contributed by atoms with Crippen LogP contribution < -0.4 is 15.4 Å². The Morgan fingerprint density at radius 2 is 1.94 bits per heavy atom.